The Kier molecular flexibility index (Phi) is 5.34. The Morgan fingerprint density at radius 1 is 1.17 bits per heavy atom. The maximum absolute atomic E-state index is 6.33. The minimum Gasteiger partial charge on any atom is -0.493 e. The van der Waals surface area contributed by atoms with E-state index in [1.807, 2.05) is 12.1 Å². The fourth-order valence-corrected chi connectivity index (χ4v) is 4.29. The van der Waals surface area contributed by atoms with E-state index in [-0.39, 0.29) is 0 Å². The molecule has 1 aromatic rings. The van der Waals surface area contributed by atoms with Crippen molar-refractivity contribution in [2.45, 2.75) is 32.2 Å². The highest BCUT2D eigenvalue weighted by Crippen LogP contribution is 2.40. The summed E-state index contributed by atoms with van der Waals surface area (Å²) in [5.41, 5.74) is 1.63. The van der Waals surface area contributed by atoms with Crippen LogP contribution in [-0.2, 0) is 11.3 Å². The maximum atomic E-state index is 6.33. The van der Waals surface area contributed by atoms with Gasteiger partial charge in [0.1, 0.15) is 0 Å². The summed E-state index contributed by atoms with van der Waals surface area (Å²) in [6.45, 7) is 5.03. The number of hydrogen-bond acceptors (Lipinski definition) is 4. The molecule has 0 saturated carbocycles. The van der Waals surface area contributed by atoms with Crippen LogP contribution in [0.1, 0.15) is 31.2 Å². The fraction of sp³-hybridized carbons (Fsp3) is 0.667. The van der Waals surface area contributed by atoms with E-state index in [1.165, 1.54) is 31.2 Å². The summed E-state index contributed by atoms with van der Waals surface area (Å²) in [4.78, 5) is 2.55. The van der Waals surface area contributed by atoms with Crippen LogP contribution in [0.25, 0.3) is 0 Å². The molecule has 1 spiro atoms. The van der Waals surface area contributed by atoms with Crippen molar-refractivity contribution in [3.05, 3.63) is 22.7 Å². The third kappa shape index (κ3) is 3.76. The first-order valence-electron chi connectivity index (χ1n) is 8.36. The van der Waals surface area contributed by atoms with Gasteiger partial charge in [0.2, 0.25) is 0 Å². The molecule has 3 rings (SSSR count). The number of benzene rings is 1. The molecule has 0 atom stereocenters. The summed E-state index contributed by atoms with van der Waals surface area (Å²) < 4.78 is 16.3. The van der Waals surface area contributed by atoms with E-state index >= 15 is 0 Å². The Bertz CT molecular complexity index is 538. The van der Waals surface area contributed by atoms with E-state index < -0.39 is 0 Å². The molecule has 2 saturated heterocycles. The summed E-state index contributed by atoms with van der Waals surface area (Å²) in [6, 6.07) is 4.03. The van der Waals surface area contributed by atoms with Crippen LogP contribution in [0.4, 0.5) is 0 Å². The van der Waals surface area contributed by atoms with Crippen LogP contribution < -0.4 is 9.47 Å². The largest absolute Gasteiger partial charge is 0.493 e. The van der Waals surface area contributed by atoms with E-state index in [1.54, 1.807) is 14.2 Å². The third-order valence-corrected chi connectivity index (χ3v) is 5.47. The van der Waals surface area contributed by atoms with Crippen LogP contribution in [-0.4, -0.2) is 45.4 Å². The van der Waals surface area contributed by atoms with Crippen LogP contribution in [0.2, 0.25) is 5.02 Å². The lowest BCUT2D eigenvalue weighted by atomic mass is 9.74. The average molecular weight is 340 g/mol. The van der Waals surface area contributed by atoms with Gasteiger partial charge in [0.15, 0.2) is 11.5 Å². The van der Waals surface area contributed by atoms with Gasteiger partial charge in [-0.15, -0.1) is 0 Å². The predicted molar refractivity (Wildman–Crippen MR) is 91.6 cm³/mol. The van der Waals surface area contributed by atoms with Crippen molar-refractivity contribution < 1.29 is 14.2 Å². The molecule has 0 radical (unpaired) electrons. The van der Waals surface area contributed by atoms with Gasteiger partial charge in [0.05, 0.1) is 19.2 Å². The molecule has 0 aliphatic carbocycles. The second-order valence-corrected chi connectivity index (χ2v) is 7.15. The number of ether oxygens (including phenoxy) is 3. The topological polar surface area (TPSA) is 30.9 Å². The average Bonchev–Trinajstić information content (AvgIpc) is 2.55. The summed E-state index contributed by atoms with van der Waals surface area (Å²) in [5.74, 6) is 1.31. The minimum atomic E-state index is 0.455. The number of piperidine rings is 1. The van der Waals surface area contributed by atoms with E-state index in [9.17, 15) is 0 Å². The van der Waals surface area contributed by atoms with Crippen LogP contribution >= 0.6 is 11.6 Å². The number of hydrogen-bond donors (Lipinski definition) is 0. The molecule has 5 heteroatoms. The minimum absolute atomic E-state index is 0.455. The van der Waals surface area contributed by atoms with Crippen molar-refractivity contribution in [2.24, 2.45) is 5.41 Å². The lowest BCUT2D eigenvalue weighted by Gasteiger charge is -2.45. The van der Waals surface area contributed by atoms with E-state index in [0.29, 0.717) is 21.9 Å². The molecule has 128 valence electrons. The molecule has 1 aromatic carbocycles. The number of rotatable bonds is 4. The molecule has 23 heavy (non-hydrogen) atoms. The number of methoxy groups -OCH3 is 2. The number of nitrogens with zero attached hydrogens (tertiary/aromatic N) is 1. The van der Waals surface area contributed by atoms with Gasteiger partial charge in [-0.25, -0.2) is 0 Å². The molecule has 0 amide bonds. The van der Waals surface area contributed by atoms with E-state index in [4.69, 9.17) is 25.8 Å². The molecule has 0 N–H and O–H groups in total. The highest BCUT2D eigenvalue weighted by atomic mass is 35.5. The molecule has 4 nitrogen and oxygen atoms in total. The molecule has 0 aromatic heterocycles. The monoisotopic (exact) mass is 339 g/mol. The van der Waals surface area contributed by atoms with Crippen molar-refractivity contribution in [3.8, 4) is 11.5 Å². The SMILES string of the molecule is COc1cc(CN2CCCC3(CCOCC3)C2)cc(Cl)c1OC. The molecule has 0 unspecified atom stereocenters. The van der Waals surface area contributed by atoms with Gasteiger partial charge in [-0.1, -0.05) is 11.6 Å². The molecule has 2 aliphatic rings. The van der Waals surface area contributed by atoms with Crippen molar-refractivity contribution in [1.82, 2.24) is 4.90 Å². The Morgan fingerprint density at radius 3 is 2.65 bits per heavy atom. The van der Waals surface area contributed by atoms with Crippen molar-refractivity contribution in [2.75, 3.05) is 40.5 Å². The van der Waals surface area contributed by atoms with Crippen LogP contribution in [0.5, 0.6) is 11.5 Å². The Morgan fingerprint density at radius 2 is 1.96 bits per heavy atom. The highest BCUT2D eigenvalue weighted by molar-refractivity contribution is 6.32. The quantitative estimate of drug-likeness (QED) is 0.836. The first-order valence-corrected chi connectivity index (χ1v) is 8.74. The predicted octanol–water partition coefficient (Wildman–Crippen LogP) is 3.75. The smallest absolute Gasteiger partial charge is 0.179 e. The lowest BCUT2D eigenvalue weighted by Crippen LogP contribution is -2.45. The molecule has 2 aliphatic heterocycles. The Hall–Kier alpha value is -0.970. The summed E-state index contributed by atoms with van der Waals surface area (Å²) >= 11 is 6.33. The van der Waals surface area contributed by atoms with Crippen LogP contribution in [0.15, 0.2) is 12.1 Å². The third-order valence-electron chi connectivity index (χ3n) is 5.19. The van der Waals surface area contributed by atoms with Gasteiger partial charge in [0, 0.05) is 26.3 Å². The van der Waals surface area contributed by atoms with Gasteiger partial charge in [-0.3, -0.25) is 4.90 Å². The van der Waals surface area contributed by atoms with Gasteiger partial charge >= 0.3 is 0 Å². The van der Waals surface area contributed by atoms with Gasteiger partial charge < -0.3 is 14.2 Å². The Balaban J connectivity index is 1.72. The van der Waals surface area contributed by atoms with Crippen molar-refractivity contribution in [3.63, 3.8) is 0 Å². The summed E-state index contributed by atoms with van der Waals surface area (Å²) in [5, 5.41) is 0.611. The van der Waals surface area contributed by atoms with Gasteiger partial charge in [-0.2, -0.15) is 0 Å². The molecule has 2 fully saturated rings. The standard InChI is InChI=1S/C18H26ClNO3/c1-21-16-11-14(10-15(19)17(16)22-2)12-20-7-3-4-18(13-20)5-8-23-9-6-18/h10-11H,3-9,12-13H2,1-2H3. The first-order chi connectivity index (χ1) is 11.2. The summed E-state index contributed by atoms with van der Waals surface area (Å²) in [6.07, 6.45) is 4.98. The van der Waals surface area contributed by atoms with Crippen molar-refractivity contribution >= 4 is 11.6 Å². The molecule has 0 bridgehead atoms. The normalized spacial score (nSPS) is 21.3. The summed E-state index contributed by atoms with van der Waals surface area (Å²) in [7, 11) is 3.26. The number of halogens is 1. The zero-order chi connectivity index (χ0) is 16.3. The van der Waals surface area contributed by atoms with Gasteiger partial charge in [0.25, 0.3) is 0 Å². The van der Waals surface area contributed by atoms with Crippen LogP contribution in [0.3, 0.4) is 0 Å². The molecular formula is C18H26ClNO3. The second kappa shape index (κ2) is 7.29. The zero-order valence-electron chi connectivity index (χ0n) is 14.1. The van der Waals surface area contributed by atoms with E-state index in [2.05, 4.69) is 4.90 Å². The molecule has 2 heterocycles. The zero-order valence-corrected chi connectivity index (χ0v) is 14.8. The Labute approximate surface area is 143 Å². The fourth-order valence-electron chi connectivity index (χ4n) is 3.98. The van der Waals surface area contributed by atoms with Gasteiger partial charge in [-0.05, 0) is 55.3 Å². The van der Waals surface area contributed by atoms with Crippen LogP contribution in [0, 0.1) is 5.41 Å². The highest BCUT2D eigenvalue weighted by Gasteiger charge is 2.36. The second-order valence-electron chi connectivity index (χ2n) is 6.74. The van der Waals surface area contributed by atoms with E-state index in [0.717, 1.165) is 32.8 Å². The number of likely N-dealkylation sites (tertiary alicyclic amines) is 1. The molecular weight excluding hydrogens is 314 g/mol. The maximum Gasteiger partial charge on any atom is 0.179 e. The lowest BCUT2D eigenvalue weighted by molar-refractivity contribution is -0.0291. The first kappa shape index (κ1) is 16.9. The van der Waals surface area contributed by atoms with Crippen molar-refractivity contribution in [1.29, 1.82) is 0 Å².